The number of amides is 2. The van der Waals surface area contributed by atoms with E-state index in [0.717, 1.165) is 22.4 Å². The number of halogens is 1. The van der Waals surface area contributed by atoms with Crippen LogP contribution in [0.1, 0.15) is 43.0 Å². The van der Waals surface area contributed by atoms with Crippen LogP contribution in [0, 0.1) is 5.82 Å². The first-order valence-electron chi connectivity index (χ1n) is 13.3. The van der Waals surface area contributed by atoms with Crippen LogP contribution >= 0.6 is 0 Å². The number of hydrogen-bond donors (Lipinski definition) is 0. The third-order valence-corrected chi connectivity index (χ3v) is 7.27. The van der Waals surface area contributed by atoms with E-state index in [1.165, 1.54) is 12.1 Å². The number of methoxy groups -OCH3 is 2. The van der Waals surface area contributed by atoms with E-state index in [-0.39, 0.29) is 30.8 Å². The van der Waals surface area contributed by atoms with Crippen LogP contribution in [-0.4, -0.2) is 68.1 Å². The molecule has 212 valence electrons. The van der Waals surface area contributed by atoms with E-state index in [4.69, 9.17) is 19.2 Å². The molecule has 0 fully saturated rings. The SMILES string of the molecule is COCCN(C)C(=O)c1c2c(c(OCc3ccc(OC)cc3)c3ncc(Cc4ccc(F)cc4)cc13)C(=O)N(C)C2. The third-order valence-electron chi connectivity index (χ3n) is 7.27. The highest BCUT2D eigenvalue weighted by Crippen LogP contribution is 2.41. The van der Waals surface area contributed by atoms with Gasteiger partial charge in [0.05, 0.1) is 24.8 Å². The van der Waals surface area contributed by atoms with Gasteiger partial charge in [0.1, 0.15) is 23.7 Å². The second-order valence-electron chi connectivity index (χ2n) is 10.1. The van der Waals surface area contributed by atoms with Crippen LogP contribution in [0.4, 0.5) is 4.39 Å². The van der Waals surface area contributed by atoms with E-state index in [0.29, 0.717) is 52.9 Å². The molecule has 41 heavy (non-hydrogen) atoms. The Morgan fingerprint density at radius 1 is 1.05 bits per heavy atom. The van der Waals surface area contributed by atoms with Crippen molar-refractivity contribution in [3.8, 4) is 11.5 Å². The molecule has 0 atom stereocenters. The minimum atomic E-state index is -0.305. The Balaban J connectivity index is 1.65. The molecule has 1 aliphatic heterocycles. The van der Waals surface area contributed by atoms with Gasteiger partial charge in [0.2, 0.25) is 0 Å². The van der Waals surface area contributed by atoms with Crippen molar-refractivity contribution in [2.75, 3.05) is 41.5 Å². The first kappa shape index (κ1) is 28.0. The first-order chi connectivity index (χ1) is 19.8. The molecule has 0 saturated heterocycles. The van der Waals surface area contributed by atoms with Crippen molar-refractivity contribution in [3.05, 3.63) is 100.0 Å². The molecule has 3 aromatic carbocycles. The van der Waals surface area contributed by atoms with Crippen molar-refractivity contribution in [2.24, 2.45) is 0 Å². The van der Waals surface area contributed by atoms with Gasteiger partial charge in [-0.2, -0.15) is 0 Å². The molecule has 0 aliphatic carbocycles. The average Bonchev–Trinajstić information content (AvgIpc) is 3.28. The van der Waals surface area contributed by atoms with Gasteiger partial charge in [0.25, 0.3) is 11.8 Å². The van der Waals surface area contributed by atoms with E-state index in [1.807, 2.05) is 30.3 Å². The Morgan fingerprint density at radius 3 is 2.44 bits per heavy atom. The number of carbonyl (C=O) groups is 2. The summed E-state index contributed by atoms with van der Waals surface area (Å²) >= 11 is 0. The number of benzene rings is 3. The molecule has 0 unspecified atom stereocenters. The predicted molar refractivity (Wildman–Crippen MR) is 153 cm³/mol. The molecule has 0 radical (unpaired) electrons. The summed E-state index contributed by atoms with van der Waals surface area (Å²) in [5.41, 5.74) is 4.48. The molecule has 0 saturated carbocycles. The highest BCUT2D eigenvalue weighted by molar-refractivity contribution is 6.16. The third kappa shape index (κ3) is 5.71. The van der Waals surface area contributed by atoms with E-state index in [1.54, 1.807) is 56.4 Å². The lowest BCUT2D eigenvalue weighted by Gasteiger charge is -2.21. The predicted octanol–water partition coefficient (Wildman–Crippen LogP) is 4.86. The minimum absolute atomic E-state index is 0.197. The summed E-state index contributed by atoms with van der Waals surface area (Å²) in [6.07, 6.45) is 2.21. The van der Waals surface area contributed by atoms with Crippen molar-refractivity contribution in [1.29, 1.82) is 0 Å². The fraction of sp³-hybridized carbons (Fsp3) is 0.281. The maximum atomic E-state index is 13.9. The topological polar surface area (TPSA) is 81.2 Å². The summed E-state index contributed by atoms with van der Waals surface area (Å²) in [6, 6.07) is 15.7. The molecular weight excluding hydrogens is 525 g/mol. The molecule has 0 bridgehead atoms. The lowest BCUT2D eigenvalue weighted by atomic mass is 9.94. The zero-order valence-corrected chi connectivity index (χ0v) is 23.6. The van der Waals surface area contributed by atoms with E-state index < -0.39 is 0 Å². The van der Waals surface area contributed by atoms with Gasteiger partial charge in [0.15, 0.2) is 5.75 Å². The normalized spacial score (nSPS) is 12.5. The van der Waals surface area contributed by atoms with Gasteiger partial charge in [-0.3, -0.25) is 14.6 Å². The monoisotopic (exact) mass is 557 g/mol. The number of hydrogen-bond acceptors (Lipinski definition) is 6. The highest BCUT2D eigenvalue weighted by atomic mass is 19.1. The smallest absolute Gasteiger partial charge is 0.258 e. The lowest BCUT2D eigenvalue weighted by molar-refractivity contribution is 0.0742. The van der Waals surface area contributed by atoms with Crippen molar-refractivity contribution in [2.45, 2.75) is 19.6 Å². The summed E-state index contributed by atoms with van der Waals surface area (Å²) < 4.78 is 30.3. The summed E-state index contributed by atoms with van der Waals surface area (Å²) in [5, 5.41) is 0.602. The second kappa shape index (κ2) is 11.9. The van der Waals surface area contributed by atoms with Gasteiger partial charge in [-0.05, 0) is 53.4 Å². The second-order valence-corrected chi connectivity index (χ2v) is 10.1. The zero-order chi connectivity index (χ0) is 29.1. The number of carbonyl (C=O) groups excluding carboxylic acids is 2. The van der Waals surface area contributed by atoms with Crippen LogP contribution in [0.3, 0.4) is 0 Å². The minimum Gasteiger partial charge on any atom is -0.497 e. The van der Waals surface area contributed by atoms with Crippen LogP contribution in [0.25, 0.3) is 10.9 Å². The lowest BCUT2D eigenvalue weighted by Crippen LogP contribution is -2.31. The molecule has 0 spiro atoms. The van der Waals surface area contributed by atoms with Crippen LogP contribution < -0.4 is 9.47 Å². The summed E-state index contributed by atoms with van der Waals surface area (Å²) in [4.78, 5) is 35.3. The largest absolute Gasteiger partial charge is 0.497 e. The molecule has 0 N–H and O–H groups in total. The van der Waals surface area contributed by atoms with Crippen LogP contribution in [-0.2, 0) is 24.3 Å². The summed E-state index contributed by atoms with van der Waals surface area (Å²) in [6.45, 7) is 1.22. The molecule has 1 aliphatic rings. The standard InChI is InChI=1S/C32H32FN3O5/c1-35(13-14-39-3)31(37)27-25-16-22(15-20-5-9-23(33)10-6-20)17-34-29(25)30(28-26(27)18-36(2)32(28)38)41-19-21-7-11-24(40-4)12-8-21/h5-12,16-17H,13-15,18-19H2,1-4H3. The highest BCUT2D eigenvalue weighted by Gasteiger charge is 2.36. The fourth-order valence-electron chi connectivity index (χ4n) is 5.02. The fourth-order valence-corrected chi connectivity index (χ4v) is 5.02. The summed E-state index contributed by atoms with van der Waals surface area (Å²) in [7, 11) is 6.61. The van der Waals surface area contributed by atoms with Gasteiger partial charge >= 0.3 is 0 Å². The Morgan fingerprint density at radius 2 is 1.76 bits per heavy atom. The Bertz CT molecular complexity index is 1590. The number of rotatable bonds is 10. The number of fused-ring (bicyclic) bond motifs is 2. The van der Waals surface area contributed by atoms with Crippen molar-refractivity contribution >= 4 is 22.7 Å². The molecule has 4 aromatic rings. The summed E-state index contributed by atoms with van der Waals surface area (Å²) in [5.74, 6) is 0.323. The van der Waals surface area contributed by atoms with Crippen LogP contribution in [0.15, 0.2) is 60.8 Å². The Hall–Kier alpha value is -4.50. The van der Waals surface area contributed by atoms with Gasteiger partial charge in [-0.25, -0.2) is 4.39 Å². The number of pyridine rings is 1. The van der Waals surface area contributed by atoms with E-state index in [9.17, 15) is 14.0 Å². The molecule has 9 heteroatoms. The van der Waals surface area contributed by atoms with Crippen molar-refractivity contribution < 1.29 is 28.2 Å². The molecule has 5 rings (SSSR count). The van der Waals surface area contributed by atoms with E-state index in [2.05, 4.69) is 0 Å². The van der Waals surface area contributed by atoms with Crippen molar-refractivity contribution in [1.82, 2.24) is 14.8 Å². The average molecular weight is 558 g/mol. The number of ether oxygens (including phenoxy) is 3. The van der Waals surface area contributed by atoms with Gasteiger partial charge in [-0.1, -0.05) is 24.3 Å². The number of likely N-dealkylation sites (N-methyl/N-ethyl adjacent to an activating group) is 1. The maximum Gasteiger partial charge on any atom is 0.258 e. The Kier molecular flexibility index (Phi) is 8.16. The van der Waals surface area contributed by atoms with Crippen LogP contribution in [0.2, 0.25) is 0 Å². The van der Waals surface area contributed by atoms with Crippen molar-refractivity contribution in [3.63, 3.8) is 0 Å². The number of aromatic nitrogens is 1. The Labute approximate surface area is 238 Å². The number of nitrogens with zero attached hydrogens (tertiary/aromatic N) is 3. The van der Waals surface area contributed by atoms with Gasteiger partial charge in [-0.15, -0.1) is 0 Å². The first-order valence-corrected chi connectivity index (χ1v) is 13.3. The van der Waals surface area contributed by atoms with E-state index >= 15 is 0 Å². The maximum absolute atomic E-state index is 13.9. The van der Waals surface area contributed by atoms with Gasteiger partial charge < -0.3 is 24.0 Å². The zero-order valence-electron chi connectivity index (χ0n) is 23.6. The van der Waals surface area contributed by atoms with Gasteiger partial charge in [0, 0.05) is 51.4 Å². The molecule has 1 aromatic heterocycles. The quantitative estimate of drug-likeness (QED) is 0.277. The molecular formula is C32H32FN3O5. The van der Waals surface area contributed by atoms with Crippen LogP contribution in [0.5, 0.6) is 11.5 Å². The molecule has 2 heterocycles. The molecule has 8 nitrogen and oxygen atoms in total. The molecule has 2 amide bonds.